The van der Waals surface area contributed by atoms with E-state index >= 15 is 0 Å². The highest BCUT2D eigenvalue weighted by Gasteiger charge is 2.15. The lowest BCUT2D eigenvalue weighted by Gasteiger charge is -2.09. The zero-order chi connectivity index (χ0) is 12.3. The van der Waals surface area contributed by atoms with Crippen molar-refractivity contribution in [2.24, 2.45) is 0 Å². The first kappa shape index (κ1) is 11.8. The quantitative estimate of drug-likeness (QED) is 0.752. The minimum Gasteiger partial charge on any atom is -0.469 e. The van der Waals surface area contributed by atoms with Crippen LogP contribution in [0.4, 0.5) is 4.39 Å². The molecule has 0 amide bonds. The number of hydrogen-bond donors (Lipinski definition) is 0. The average molecular weight is 236 g/mol. The molecular weight excluding hydrogens is 223 g/mol. The number of benzene rings is 1. The fourth-order valence-electron chi connectivity index (χ4n) is 1.82. The summed E-state index contributed by atoms with van der Waals surface area (Å²) in [5.41, 5.74) is 2.48. The van der Waals surface area contributed by atoms with Gasteiger partial charge in [-0.05, 0) is 28.8 Å². The SMILES string of the molecule is COC(=O)Cc1cc(F)ccc1C1=CCOC1. The maximum absolute atomic E-state index is 13.2. The van der Waals surface area contributed by atoms with Crippen LogP contribution in [0, 0.1) is 5.82 Å². The predicted molar refractivity (Wildman–Crippen MR) is 60.9 cm³/mol. The van der Waals surface area contributed by atoms with Crippen molar-refractivity contribution in [3.05, 3.63) is 41.2 Å². The van der Waals surface area contributed by atoms with E-state index in [4.69, 9.17) is 4.74 Å². The fraction of sp³-hybridized carbons (Fsp3) is 0.308. The lowest BCUT2D eigenvalue weighted by atomic mass is 9.98. The molecule has 0 unspecified atom stereocenters. The van der Waals surface area contributed by atoms with E-state index in [1.165, 1.54) is 19.2 Å². The fourth-order valence-corrected chi connectivity index (χ4v) is 1.82. The standard InChI is InChI=1S/C13H13FO3/c1-16-13(15)7-10-6-11(14)2-3-12(10)9-4-5-17-8-9/h2-4,6H,5,7-8H2,1H3. The van der Waals surface area contributed by atoms with Crippen LogP contribution in [0.15, 0.2) is 24.3 Å². The monoisotopic (exact) mass is 236 g/mol. The van der Waals surface area contributed by atoms with E-state index < -0.39 is 0 Å². The van der Waals surface area contributed by atoms with E-state index in [0.29, 0.717) is 18.8 Å². The molecule has 1 heterocycles. The van der Waals surface area contributed by atoms with Gasteiger partial charge in [-0.2, -0.15) is 0 Å². The van der Waals surface area contributed by atoms with Gasteiger partial charge >= 0.3 is 5.97 Å². The van der Waals surface area contributed by atoms with Crippen LogP contribution in [0.25, 0.3) is 5.57 Å². The van der Waals surface area contributed by atoms with Crippen molar-refractivity contribution in [2.75, 3.05) is 20.3 Å². The molecule has 3 nitrogen and oxygen atoms in total. The Labute approximate surface area is 98.8 Å². The number of halogens is 1. The Morgan fingerprint density at radius 1 is 1.53 bits per heavy atom. The van der Waals surface area contributed by atoms with Gasteiger partial charge in [-0.3, -0.25) is 4.79 Å². The third-order valence-corrected chi connectivity index (χ3v) is 2.68. The summed E-state index contributed by atoms with van der Waals surface area (Å²) in [6.07, 6.45) is 2.01. The van der Waals surface area contributed by atoms with Crippen LogP contribution in [0.2, 0.25) is 0 Å². The van der Waals surface area contributed by atoms with E-state index in [1.807, 2.05) is 6.08 Å². The van der Waals surface area contributed by atoms with Crippen molar-refractivity contribution < 1.29 is 18.7 Å². The summed E-state index contributed by atoms with van der Waals surface area (Å²) in [7, 11) is 1.32. The van der Waals surface area contributed by atoms with Crippen LogP contribution in [0.1, 0.15) is 11.1 Å². The number of carbonyl (C=O) groups is 1. The van der Waals surface area contributed by atoms with E-state index in [1.54, 1.807) is 6.07 Å². The minimum absolute atomic E-state index is 0.0704. The van der Waals surface area contributed by atoms with Gasteiger partial charge in [0, 0.05) is 0 Å². The molecule has 0 radical (unpaired) electrons. The Morgan fingerprint density at radius 3 is 3.00 bits per heavy atom. The summed E-state index contributed by atoms with van der Waals surface area (Å²) >= 11 is 0. The van der Waals surface area contributed by atoms with Crippen molar-refractivity contribution >= 4 is 11.5 Å². The zero-order valence-corrected chi connectivity index (χ0v) is 9.53. The van der Waals surface area contributed by atoms with E-state index in [-0.39, 0.29) is 18.2 Å². The van der Waals surface area contributed by atoms with Crippen LogP contribution in [-0.4, -0.2) is 26.3 Å². The summed E-state index contributed by atoms with van der Waals surface area (Å²) in [4.78, 5) is 11.3. The molecule has 0 aromatic heterocycles. The molecule has 0 fully saturated rings. The van der Waals surface area contributed by atoms with Crippen LogP contribution in [0.3, 0.4) is 0 Å². The average Bonchev–Trinajstić information content (AvgIpc) is 2.82. The smallest absolute Gasteiger partial charge is 0.310 e. The predicted octanol–water partition coefficient (Wildman–Crippen LogP) is 1.95. The largest absolute Gasteiger partial charge is 0.469 e. The summed E-state index contributed by atoms with van der Waals surface area (Å²) in [6.45, 7) is 1.06. The number of hydrogen-bond acceptors (Lipinski definition) is 3. The Balaban J connectivity index is 2.33. The molecule has 0 atom stereocenters. The van der Waals surface area contributed by atoms with Crippen LogP contribution >= 0.6 is 0 Å². The van der Waals surface area contributed by atoms with Crippen LogP contribution in [-0.2, 0) is 20.7 Å². The molecule has 1 aromatic carbocycles. The first-order valence-electron chi connectivity index (χ1n) is 5.33. The van der Waals surface area contributed by atoms with Crippen LogP contribution < -0.4 is 0 Å². The number of ether oxygens (including phenoxy) is 2. The van der Waals surface area contributed by atoms with Crippen molar-refractivity contribution in [1.82, 2.24) is 0 Å². The van der Waals surface area contributed by atoms with E-state index in [9.17, 15) is 9.18 Å². The highest BCUT2D eigenvalue weighted by molar-refractivity contribution is 5.77. The first-order valence-corrected chi connectivity index (χ1v) is 5.33. The lowest BCUT2D eigenvalue weighted by molar-refractivity contribution is -0.139. The second kappa shape index (κ2) is 5.10. The number of methoxy groups -OCH3 is 1. The maximum atomic E-state index is 13.2. The lowest BCUT2D eigenvalue weighted by Crippen LogP contribution is -2.07. The van der Waals surface area contributed by atoms with Gasteiger partial charge in [0.25, 0.3) is 0 Å². The molecule has 0 saturated heterocycles. The Bertz CT molecular complexity index is 466. The molecule has 1 aromatic rings. The molecule has 0 saturated carbocycles. The molecule has 17 heavy (non-hydrogen) atoms. The molecule has 4 heteroatoms. The van der Waals surface area contributed by atoms with E-state index in [0.717, 1.165) is 11.1 Å². The van der Waals surface area contributed by atoms with Gasteiger partial charge in [-0.25, -0.2) is 4.39 Å². The number of carbonyl (C=O) groups excluding carboxylic acids is 1. The maximum Gasteiger partial charge on any atom is 0.310 e. The highest BCUT2D eigenvalue weighted by Crippen LogP contribution is 2.24. The minimum atomic E-state index is -0.378. The molecule has 0 bridgehead atoms. The second-order valence-corrected chi connectivity index (χ2v) is 3.80. The molecule has 1 aliphatic rings. The Hall–Kier alpha value is -1.68. The third-order valence-electron chi connectivity index (χ3n) is 2.68. The van der Waals surface area contributed by atoms with Crippen molar-refractivity contribution in [1.29, 1.82) is 0 Å². The third kappa shape index (κ3) is 2.71. The van der Waals surface area contributed by atoms with Gasteiger partial charge in [0.2, 0.25) is 0 Å². The molecule has 1 aliphatic heterocycles. The molecule has 90 valence electrons. The number of esters is 1. The summed E-state index contributed by atoms with van der Waals surface area (Å²) in [6, 6.07) is 4.43. The van der Waals surface area contributed by atoms with Crippen LogP contribution in [0.5, 0.6) is 0 Å². The van der Waals surface area contributed by atoms with E-state index in [2.05, 4.69) is 4.74 Å². The summed E-state index contributed by atoms with van der Waals surface area (Å²) in [5.74, 6) is -0.733. The molecular formula is C13H13FO3. The van der Waals surface area contributed by atoms with Gasteiger partial charge < -0.3 is 9.47 Å². The number of rotatable bonds is 3. The molecule has 0 N–H and O–H groups in total. The summed E-state index contributed by atoms with van der Waals surface area (Å²) < 4.78 is 23.0. The molecule has 2 rings (SSSR count). The topological polar surface area (TPSA) is 35.5 Å². The van der Waals surface area contributed by atoms with Gasteiger partial charge in [0.15, 0.2) is 0 Å². The highest BCUT2D eigenvalue weighted by atomic mass is 19.1. The van der Waals surface area contributed by atoms with Gasteiger partial charge in [0.05, 0.1) is 26.7 Å². The second-order valence-electron chi connectivity index (χ2n) is 3.80. The Kier molecular flexibility index (Phi) is 3.54. The van der Waals surface area contributed by atoms with Gasteiger partial charge in [-0.1, -0.05) is 12.1 Å². The summed E-state index contributed by atoms with van der Waals surface area (Å²) in [5, 5.41) is 0. The molecule has 0 aliphatic carbocycles. The first-order chi connectivity index (χ1) is 8.20. The normalized spacial score (nSPS) is 14.6. The van der Waals surface area contributed by atoms with Gasteiger partial charge in [-0.15, -0.1) is 0 Å². The van der Waals surface area contributed by atoms with Crippen molar-refractivity contribution in [3.63, 3.8) is 0 Å². The zero-order valence-electron chi connectivity index (χ0n) is 9.53. The van der Waals surface area contributed by atoms with Crippen molar-refractivity contribution in [3.8, 4) is 0 Å². The molecule has 0 spiro atoms. The van der Waals surface area contributed by atoms with Gasteiger partial charge in [0.1, 0.15) is 5.82 Å². The van der Waals surface area contributed by atoms with Crippen molar-refractivity contribution in [2.45, 2.75) is 6.42 Å². The Morgan fingerprint density at radius 2 is 2.35 bits per heavy atom.